The number of aryl methyl sites for hydroxylation is 2. The molecule has 1 fully saturated rings. The molecule has 4 aromatic rings. The summed E-state index contributed by atoms with van der Waals surface area (Å²) in [6.07, 6.45) is 8.98. The summed E-state index contributed by atoms with van der Waals surface area (Å²) in [6, 6.07) is 15.6. The first-order valence-electron chi connectivity index (χ1n) is 12.7. The molecule has 37 heavy (non-hydrogen) atoms. The van der Waals surface area contributed by atoms with Gasteiger partial charge in [0.25, 0.3) is 0 Å². The quantitative estimate of drug-likeness (QED) is 0.347. The summed E-state index contributed by atoms with van der Waals surface area (Å²) >= 11 is 0. The molecule has 2 aromatic heterocycles. The highest BCUT2D eigenvalue weighted by Crippen LogP contribution is 2.27. The molecule has 5 rings (SSSR count). The van der Waals surface area contributed by atoms with Crippen molar-refractivity contribution in [1.29, 1.82) is 0 Å². The second kappa shape index (κ2) is 10.4. The van der Waals surface area contributed by atoms with Crippen LogP contribution in [0.25, 0.3) is 22.3 Å². The Balaban J connectivity index is 1.16. The maximum absolute atomic E-state index is 13.2. The molecule has 1 aliphatic heterocycles. The van der Waals surface area contributed by atoms with E-state index >= 15 is 0 Å². The second-order valence-electron chi connectivity index (χ2n) is 9.58. The first kappa shape index (κ1) is 24.5. The van der Waals surface area contributed by atoms with E-state index in [1.54, 1.807) is 16.6 Å². The van der Waals surface area contributed by atoms with Gasteiger partial charge >= 0.3 is 6.03 Å². The molecule has 0 saturated carbocycles. The van der Waals surface area contributed by atoms with Crippen LogP contribution in [0.3, 0.4) is 0 Å². The maximum atomic E-state index is 13.2. The van der Waals surface area contributed by atoms with Crippen LogP contribution < -0.4 is 4.90 Å². The number of anilines is 1. The summed E-state index contributed by atoms with van der Waals surface area (Å²) in [4.78, 5) is 29.8. The number of urea groups is 1. The lowest BCUT2D eigenvalue weighted by Gasteiger charge is -2.34. The first-order valence-corrected chi connectivity index (χ1v) is 12.7. The smallest absolute Gasteiger partial charge is 0.324 e. The summed E-state index contributed by atoms with van der Waals surface area (Å²) in [6.45, 7) is 4.03. The van der Waals surface area contributed by atoms with Gasteiger partial charge < -0.3 is 4.90 Å². The average molecular weight is 497 g/mol. The molecular weight excluding hydrogens is 464 g/mol. The van der Waals surface area contributed by atoms with Crippen molar-refractivity contribution >= 4 is 17.5 Å². The van der Waals surface area contributed by atoms with E-state index in [-0.39, 0.29) is 17.7 Å². The number of amides is 2. The summed E-state index contributed by atoms with van der Waals surface area (Å²) < 4.78 is 3.66. The number of Topliss-reactive ketones (excluding diaryl/α,β-unsaturated/α-hetero) is 1. The van der Waals surface area contributed by atoms with Crippen LogP contribution in [0.5, 0.6) is 0 Å². The third-order valence-corrected chi connectivity index (χ3v) is 7.18. The number of aromatic nitrogens is 4. The van der Waals surface area contributed by atoms with Gasteiger partial charge in [-0.15, -0.1) is 0 Å². The zero-order chi connectivity index (χ0) is 25.9. The zero-order valence-electron chi connectivity index (χ0n) is 21.5. The van der Waals surface area contributed by atoms with Gasteiger partial charge in [0.15, 0.2) is 5.78 Å². The number of likely N-dealkylation sites (tertiary alicyclic amines) is 1. The van der Waals surface area contributed by atoms with Crippen molar-refractivity contribution in [2.75, 3.05) is 25.0 Å². The van der Waals surface area contributed by atoms with Crippen molar-refractivity contribution in [1.82, 2.24) is 24.5 Å². The molecule has 8 heteroatoms. The van der Waals surface area contributed by atoms with E-state index in [1.807, 2.05) is 89.9 Å². The molecule has 0 bridgehead atoms. The number of rotatable bonds is 6. The molecule has 3 heterocycles. The summed E-state index contributed by atoms with van der Waals surface area (Å²) in [5.41, 5.74) is 5.75. The van der Waals surface area contributed by atoms with Crippen LogP contribution in [0.4, 0.5) is 10.5 Å². The minimum Gasteiger partial charge on any atom is -0.324 e. The van der Waals surface area contributed by atoms with Crippen molar-refractivity contribution in [3.63, 3.8) is 0 Å². The van der Waals surface area contributed by atoms with E-state index in [9.17, 15) is 9.59 Å². The van der Waals surface area contributed by atoms with Gasteiger partial charge in [-0.1, -0.05) is 36.4 Å². The van der Waals surface area contributed by atoms with E-state index < -0.39 is 0 Å². The number of piperidine rings is 1. The van der Waals surface area contributed by atoms with Crippen LogP contribution in [-0.2, 0) is 13.6 Å². The van der Waals surface area contributed by atoms with Gasteiger partial charge in [-0.3, -0.25) is 19.1 Å². The number of hydrogen-bond acceptors (Lipinski definition) is 4. The van der Waals surface area contributed by atoms with E-state index in [0.717, 1.165) is 40.0 Å². The van der Waals surface area contributed by atoms with Crippen molar-refractivity contribution in [2.24, 2.45) is 13.0 Å². The number of nitrogens with zero attached hydrogens (tertiary/aromatic N) is 6. The molecule has 0 atom stereocenters. The van der Waals surface area contributed by atoms with Crippen LogP contribution >= 0.6 is 0 Å². The molecule has 2 aromatic carbocycles. The van der Waals surface area contributed by atoms with Gasteiger partial charge in [0.1, 0.15) is 0 Å². The van der Waals surface area contributed by atoms with Gasteiger partial charge in [-0.2, -0.15) is 10.2 Å². The number of ketones is 1. The Labute approximate surface area is 217 Å². The largest absolute Gasteiger partial charge is 0.324 e. The fourth-order valence-electron chi connectivity index (χ4n) is 4.85. The minimum absolute atomic E-state index is 0.0433. The molecule has 190 valence electrons. The van der Waals surface area contributed by atoms with Crippen LogP contribution in [-0.4, -0.2) is 56.4 Å². The Kier molecular flexibility index (Phi) is 6.90. The fourth-order valence-corrected chi connectivity index (χ4v) is 4.85. The predicted octanol–water partition coefficient (Wildman–Crippen LogP) is 5.12. The third kappa shape index (κ3) is 5.18. The lowest BCUT2D eigenvalue weighted by molar-refractivity contribution is 0.0857. The van der Waals surface area contributed by atoms with Crippen LogP contribution in [0.15, 0.2) is 73.3 Å². The SMILES string of the molecule is CCn1cc(-c2ccc(N(C)C(=O)N3CCC(C(=O)c4ccc(-c5cnn(C)c5)cc4)CC3)cc2)cn1. The van der Waals surface area contributed by atoms with Gasteiger partial charge in [0.2, 0.25) is 0 Å². The van der Waals surface area contributed by atoms with Crippen LogP contribution in [0.1, 0.15) is 30.1 Å². The average Bonchev–Trinajstić information content (AvgIpc) is 3.61. The Morgan fingerprint density at radius 1 is 0.865 bits per heavy atom. The van der Waals surface area contributed by atoms with E-state index in [1.165, 1.54) is 0 Å². The first-order chi connectivity index (χ1) is 17.9. The lowest BCUT2D eigenvalue weighted by atomic mass is 9.88. The van der Waals surface area contributed by atoms with E-state index in [2.05, 4.69) is 17.1 Å². The number of benzene rings is 2. The molecular formula is C29H32N6O2. The molecule has 0 aliphatic carbocycles. The monoisotopic (exact) mass is 496 g/mol. The Morgan fingerprint density at radius 2 is 1.46 bits per heavy atom. The van der Waals surface area contributed by atoms with Gasteiger partial charge in [0.05, 0.1) is 12.4 Å². The molecule has 0 radical (unpaired) electrons. The lowest BCUT2D eigenvalue weighted by Crippen LogP contribution is -2.46. The van der Waals surface area contributed by atoms with Crippen molar-refractivity contribution in [3.8, 4) is 22.3 Å². The maximum Gasteiger partial charge on any atom is 0.324 e. The summed E-state index contributed by atoms with van der Waals surface area (Å²) in [5, 5.41) is 8.54. The Hall–Kier alpha value is -4.20. The summed E-state index contributed by atoms with van der Waals surface area (Å²) in [7, 11) is 3.68. The van der Waals surface area contributed by atoms with Crippen molar-refractivity contribution in [3.05, 3.63) is 78.9 Å². The summed E-state index contributed by atoms with van der Waals surface area (Å²) in [5.74, 6) is 0.0853. The van der Waals surface area contributed by atoms with Crippen LogP contribution in [0, 0.1) is 5.92 Å². The van der Waals surface area contributed by atoms with Crippen LogP contribution in [0.2, 0.25) is 0 Å². The Bertz CT molecular complexity index is 1380. The fraction of sp³-hybridized carbons (Fsp3) is 0.310. The number of hydrogen-bond donors (Lipinski definition) is 0. The molecule has 1 aliphatic rings. The van der Waals surface area contributed by atoms with Gasteiger partial charge in [0, 0.05) is 74.4 Å². The molecule has 0 spiro atoms. The molecule has 8 nitrogen and oxygen atoms in total. The van der Waals surface area contributed by atoms with Gasteiger partial charge in [-0.25, -0.2) is 4.79 Å². The molecule has 0 unspecified atom stereocenters. The highest BCUT2D eigenvalue weighted by Gasteiger charge is 2.29. The van der Waals surface area contributed by atoms with E-state index in [4.69, 9.17) is 0 Å². The third-order valence-electron chi connectivity index (χ3n) is 7.18. The second-order valence-corrected chi connectivity index (χ2v) is 9.58. The molecule has 1 saturated heterocycles. The molecule has 2 amide bonds. The minimum atomic E-state index is -0.0677. The predicted molar refractivity (Wildman–Crippen MR) is 144 cm³/mol. The normalized spacial score (nSPS) is 14.1. The topological polar surface area (TPSA) is 76.3 Å². The Morgan fingerprint density at radius 3 is 2.03 bits per heavy atom. The number of carbonyl (C=O) groups excluding carboxylic acids is 2. The molecule has 0 N–H and O–H groups in total. The van der Waals surface area contributed by atoms with Crippen molar-refractivity contribution < 1.29 is 9.59 Å². The van der Waals surface area contributed by atoms with E-state index in [0.29, 0.717) is 25.9 Å². The van der Waals surface area contributed by atoms with Crippen molar-refractivity contribution in [2.45, 2.75) is 26.3 Å². The highest BCUT2D eigenvalue weighted by atomic mass is 16.2. The van der Waals surface area contributed by atoms with Gasteiger partial charge in [-0.05, 0) is 43.0 Å². The zero-order valence-corrected chi connectivity index (χ0v) is 21.5. The highest BCUT2D eigenvalue weighted by molar-refractivity contribution is 5.98. The number of carbonyl (C=O) groups is 2. The standard InChI is InChI=1S/C29H32N6O2/c1-4-35-20-26(18-31-35)22-9-11-27(12-10-22)33(3)29(37)34-15-13-24(14-16-34)28(36)23-7-5-21(6-8-23)25-17-30-32(2)19-25/h5-12,17-20,24H,4,13-16H2,1-3H3.